The SMILES string of the molecule is CCOC(=O)C1=C(C)N=c2s/c(=C/c3cn(C)c4ccccc34)c(=O)n2[C@@H]1c1cc(OC)c(OCC)cc1Br. The van der Waals surface area contributed by atoms with E-state index in [2.05, 4.69) is 20.9 Å². The van der Waals surface area contributed by atoms with Gasteiger partial charge in [0.25, 0.3) is 5.56 Å². The van der Waals surface area contributed by atoms with Gasteiger partial charge in [0, 0.05) is 34.2 Å². The van der Waals surface area contributed by atoms with E-state index in [0.717, 1.165) is 16.5 Å². The van der Waals surface area contributed by atoms with E-state index in [1.165, 1.54) is 11.3 Å². The fourth-order valence-electron chi connectivity index (χ4n) is 4.90. The van der Waals surface area contributed by atoms with Crippen molar-refractivity contribution in [3.8, 4) is 11.5 Å². The highest BCUT2D eigenvalue weighted by Crippen LogP contribution is 2.41. The maximum absolute atomic E-state index is 14.0. The molecule has 2 aromatic heterocycles. The zero-order valence-corrected chi connectivity index (χ0v) is 24.7. The van der Waals surface area contributed by atoms with Gasteiger partial charge in [0.15, 0.2) is 16.3 Å². The molecule has 0 bridgehead atoms. The number of methoxy groups -OCH3 is 1. The van der Waals surface area contributed by atoms with Crippen molar-refractivity contribution in [2.45, 2.75) is 26.8 Å². The first-order chi connectivity index (χ1) is 18.8. The third-order valence-electron chi connectivity index (χ3n) is 6.61. The number of rotatable bonds is 7. The number of esters is 1. The molecule has 10 heteroatoms. The van der Waals surface area contributed by atoms with E-state index in [1.54, 1.807) is 37.7 Å². The summed E-state index contributed by atoms with van der Waals surface area (Å²) in [6.07, 6.45) is 3.89. The molecule has 4 aromatic rings. The van der Waals surface area contributed by atoms with Gasteiger partial charge >= 0.3 is 5.97 Å². The fourth-order valence-corrected chi connectivity index (χ4v) is 6.48. The van der Waals surface area contributed by atoms with Gasteiger partial charge in [0.1, 0.15) is 0 Å². The number of fused-ring (bicyclic) bond motifs is 2. The van der Waals surface area contributed by atoms with E-state index in [0.29, 0.717) is 48.7 Å². The van der Waals surface area contributed by atoms with Crippen molar-refractivity contribution < 1.29 is 19.0 Å². The highest BCUT2D eigenvalue weighted by atomic mass is 79.9. The van der Waals surface area contributed by atoms with Crippen LogP contribution >= 0.6 is 27.3 Å². The van der Waals surface area contributed by atoms with Gasteiger partial charge in [-0.2, -0.15) is 0 Å². The molecule has 0 saturated heterocycles. The highest BCUT2D eigenvalue weighted by molar-refractivity contribution is 9.10. The molecule has 0 spiro atoms. The predicted octanol–water partition coefficient (Wildman–Crippen LogP) is 4.46. The number of benzene rings is 2. The van der Waals surface area contributed by atoms with Gasteiger partial charge in [0.05, 0.1) is 42.2 Å². The van der Waals surface area contributed by atoms with E-state index in [-0.39, 0.29) is 12.2 Å². The van der Waals surface area contributed by atoms with Crippen LogP contribution < -0.4 is 24.4 Å². The normalized spacial score (nSPS) is 15.3. The molecule has 3 heterocycles. The first kappa shape index (κ1) is 27.0. The Bertz CT molecular complexity index is 1810. The van der Waals surface area contributed by atoms with Crippen LogP contribution in [-0.2, 0) is 16.6 Å². The third kappa shape index (κ3) is 4.72. The molecule has 1 aliphatic rings. The number of ether oxygens (including phenoxy) is 3. The van der Waals surface area contributed by atoms with E-state index in [9.17, 15) is 9.59 Å². The number of hydrogen-bond acceptors (Lipinski definition) is 7. The largest absolute Gasteiger partial charge is 0.493 e. The fraction of sp³-hybridized carbons (Fsp3) is 0.276. The van der Waals surface area contributed by atoms with Crippen molar-refractivity contribution in [3.63, 3.8) is 0 Å². The molecule has 0 amide bonds. The zero-order chi connectivity index (χ0) is 27.8. The number of carbonyl (C=O) groups excluding carboxylic acids is 1. The lowest BCUT2D eigenvalue weighted by atomic mass is 9.95. The summed E-state index contributed by atoms with van der Waals surface area (Å²) in [5, 5.41) is 1.05. The standard InChI is InChI=1S/C29H28BrN3O5S/c1-6-37-23-14-20(30)19(13-22(23)36-5)26-25(28(35)38-7-2)16(3)31-29-33(26)27(34)24(39-29)12-17-15-32(4)21-11-9-8-10-18(17)21/h8-15,26H,6-7H2,1-5H3/b24-12+/t26-/m1/s1. The molecule has 1 aliphatic heterocycles. The summed E-state index contributed by atoms with van der Waals surface area (Å²) in [4.78, 5) is 32.5. The second kappa shape index (κ2) is 10.9. The van der Waals surface area contributed by atoms with Crippen LogP contribution in [0.3, 0.4) is 0 Å². The van der Waals surface area contributed by atoms with Crippen molar-refractivity contribution in [3.05, 3.63) is 89.2 Å². The van der Waals surface area contributed by atoms with Gasteiger partial charge in [-0.3, -0.25) is 9.36 Å². The predicted molar refractivity (Wildman–Crippen MR) is 155 cm³/mol. The van der Waals surface area contributed by atoms with Crippen LogP contribution in [0.15, 0.2) is 68.1 Å². The Morgan fingerprint density at radius 3 is 2.67 bits per heavy atom. The van der Waals surface area contributed by atoms with E-state index < -0.39 is 12.0 Å². The first-order valence-corrected chi connectivity index (χ1v) is 14.1. The monoisotopic (exact) mass is 609 g/mol. The lowest BCUT2D eigenvalue weighted by Crippen LogP contribution is -2.40. The first-order valence-electron chi connectivity index (χ1n) is 12.5. The van der Waals surface area contributed by atoms with Crippen molar-refractivity contribution >= 4 is 50.2 Å². The van der Waals surface area contributed by atoms with E-state index >= 15 is 0 Å². The Morgan fingerprint density at radius 1 is 1.18 bits per heavy atom. The summed E-state index contributed by atoms with van der Waals surface area (Å²) >= 11 is 4.95. The Hall–Kier alpha value is -3.63. The Labute approximate surface area is 237 Å². The van der Waals surface area contributed by atoms with Gasteiger partial charge < -0.3 is 18.8 Å². The van der Waals surface area contributed by atoms with E-state index in [4.69, 9.17) is 14.2 Å². The van der Waals surface area contributed by atoms with Crippen LogP contribution in [0.2, 0.25) is 0 Å². The maximum atomic E-state index is 14.0. The summed E-state index contributed by atoms with van der Waals surface area (Å²) in [5.74, 6) is 0.523. The van der Waals surface area contributed by atoms with Crippen molar-refractivity contribution in [2.24, 2.45) is 12.0 Å². The minimum absolute atomic E-state index is 0.196. The molecule has 1 atom stereocenters. The lowest BCUT2D eigenvalue weighted by molar-refractivity contribution is -0.139. The van der Waals surface area contributed by atoms with Crippen LogP contribution in [0.25, 0.3) is 17.0 Å². The molecular weight excluding hydrogens is 582 g/mol. The summed E-state index contributed by atoms with van der Waals surface area (Å²) in [6, 6.07) is 10.8. The Balaban J connectivity index is 1.77. The van der Waals surface area contributed by atoms with Gasteiger partial charge in [0.2, 0.25) is 0 Å². The third-order valence-corrected chi connectivity index (χ3v) is 8.28. The van der Waals surface area contributed by atoms with Gasteiger partial charge in [-0.15, -0.1) is 0 Å². The molecule has 5 rings (SSSR count). The maximum Gasteiger partial charge on any atom is 0.338 e. The number of para-hydroxylation sites is 1. The van der Waals surface area contributed by atoms with E-state index in [1.807, 2.05) is 55.1 Å². The van der Waals surface area contributed by atoms with Crippen molar-refractivity contribution in [2.75, 3.05) is 20.3 Å². The summed E-state index contributed by atoms with van der Waals surface area (Å²) in [5.41, 5.74) is 3.21. The molecule has 0 unspecified atom stereocenters. The number of thiazole rings is 1. The van der Waals surface area contributed by atoms with Crippen LogP contribution in [0, 0.1) is 0 Å². The molecule has 8 nitrogen and oxygen atoms in total. The summed E-state index contributed by atoms with van der Waals surface area (Å²) in [7, 11) is 3.53. The number of aromatic nitrogens is 2. The van der Waals surface area contributed by atoms with Gasteiger partial charge in [-0.1, -0.05) is 45.5 Å². The number of allylic oxidation sites excluding steroid dienone is 1. The minimum Gasteiger partial charge on any atom is -0.493 e. The van der Waals surface area contributed by atoms with Crippen LogP contribution in [0.4, 0.5) is 0 Å². The number of hydrogen-bond donors (Lipinski definition) is 0. The molecular formula is C29H28BrN3O5S. The molecule has 2 aromatic carbocycles. The Morgan fingerprint density at radius 2 is 1.95 bits per heavy atom. The average molecular weight is 611 g/mol. The molecule has 0 radical (unpaired) electrons. The van der Waals surface area contributed by atoms with Gasteiger partial charge in [-0.25, -0.2) is 9.79 Å². The van der Waals surface area contributed by atoms with Crippen LogP contribution in [0.1, 0.15) is 37.9 Å². The summed E-state index contributed by atoms with van der Waals surface area (Å²) in [6.45, 7) is 6.05. The molecule has 0 saturated carbocycles. The molecule has 0 aliphatic carbocycles. The van der Waals surface area contributed by atoms with Gasteiger partial charge in [-0.05, 0) is 50.6 Å². The highest BCUT2D eigenvalue weighted by Gasteiger charge is 2.35. The minimum atomic E-state index is -0.783. The molecule has 0 N–H and O–H groups in total. The van der Waals surface area contributed by atoms with Crippen molar-refractivity contribution in [1.82, 2.24) is 9.13 Å². The lowest BCUT2D eigenvalue weighted by Gasteiger charge is -2.26. The topological polar surface area (TPSA) is 84.1 Å². The van der Waals surface area contributed by atoms with Crippen LogP contribution in [-0.4, -0.2) is 35.4 Å². The second-order valence-corrected chi connectivity index (χ2v) is 10.8. The average Bonchev–Trinajstić information content (AvgIpc) is 3.39. The molecule has 39 heavy (non-hydrogen) atoms. The number of aryl methyl sites for hydroxylation is 1. The Kier molecular flexibility index (Phi) is 7.51. The van der Waals surface area contributed by atoms with Crippen LogP contribution in [0.5, 0.6) is 11.5 Å². The number of halogens is 1. The second-order valence-electron chi connectivity index (χ2n) is 8.97. The molecule has 202 valence electrons. The van der Waals surface area contributed by atoms with Crippen molar-refractivity contribution in [1.29, 1.82) is 0 Å². The zero-order valence-electron chi connectivity index (χ0n) is 22.3. The summed E-state index contributed by atoms with van der Waals surface area (Å²) < 4.78 is 21.5. The number of nitrogens with zero attached hydrogens (tertiary/aromatic N) is 3. The number of carbonyl (C=O) groups is 1. The smallest absolute Gasteiger partial charge is 0.338 e. The molecule has 0 fully saturated rings. The quantitative estimate of drug-likeness (QED) is 0.289.